The van der Waals surface area contributed by atoms with Gasteiger partial charge >= 0.3 is 0 Å². The van der Waals surface area contributed by atoms with Crippen molar-refractivity contribution >= 4 is 22.5 Å². The van der Waals surface area contributed by atoms with E-state index in [0.29, 0.717) is 0 Å². The first-order valence-corrected chi connectivity index (χ1v) is 9.25. The lowest BCUT2D eigenvalue weighted by molar-refractivity contribution is 1.71. The molecule has 0 atom stereocenters. The molecular formula is C6H18BNP2+. The van der Waals surface area contributed by atoms with Crippen LogP contribution in [0.2, 0.25) is 0 Å². The summed E-state index contributed by atoms with van der Waals surface area (Å²) in [6.45, 7) is 13.6. The van der Waals surface area contributed by atoms with Gasteiger partial charge in [0.1, 0.15) is 0 Å². The second kappa shape index (κ2) is 3.86. The predicted octanol–water partition coefficient (Wildman–Crippen LogP) is 1.85. The first-order chi connectivity index (χ1) is 3.71. The Morgan fingerprint density at radius 2 is 0.900 bits per heavy atom. The SMILES string of the molecule is CP(C)(C)=[N+]=P(C)(C)C.[B]. The summed E-state index contributed by atoms with van der Waals surface area (Å²) < 4.78 is 4.76. The highest BCUT2D eigenvalue weighted by Gasteiger charge is 2.10. The Morgan fingerprint density at radius 3 is 0.900 bits per heavy atom. The van der Waals surface area contributed by atoms with Gasteiger partial charge in [0.2, 0.25) is 14.1 Å². The van der Waals surface area contributed by atoms with Crippen LogP contribution >= 0.6 is 14.1 Å². The molecule has 3 radical (unpaired) electrons. The molecule has 0 rings (SSSR count). The Bertz CT molecular complexity index is 167. The van der Waals surface area contributed by atoms with Crippen molar-refractivity contribution < 1.29 is 0 Å². The lowest BCUT2D eigenvalue weighted by Crippen LogP contribution is -1.79. The molecule has 0 fully saturated rings. The van der Waals surface area contributed by atoms with E-state index >= 15 is 0 Å². The molecule has 1 nitrogen and oxygen atoms in total. The van der Waals surface area contributed by atoms with Crippen molar-refractivity contribution in [2.45, 2.75) is 0 Å². The number of rotatable bonds is 0. The second-order valence-electron chi connectivity index (χ2n) is 3.97. The van der Waals surface area contributed by atoms with Gasteiger partial charge < -0.3 is 0 Å². The largest absolute Gasteiger partial charge is 0.207 e. The van der Waals surface area contributed by atoms with Crippen molar-refractivity contribution in [3.05, 3.63) is 0 Å². The van der Waals surface area contributed by atoms with Gasteiger partial charge in [-0.2, -0.15) is 4.17 Å². The zero-order valence-corrected chi connectivity index (χ0v) is 9.71. The first-order valence-electron chi connectivity index (χ1n) is 3.08. The lowest BCUT2D eigenvalue weighted by Gasteiger charge is -1.91. The topological polar surface area (TPSA) is 14.1 Å². The van der Waals surface area contributed by atoms with Gasteiger partial charge in [-0.1, -0.05) is 0 Å². The molecule has 0 saturated carbocycles. The van der Waals surface area contributed by atoms with Crippen LogP contribution in [0.3, 0.4) is 0 Å². The van der Waals surface area contributed by atoms with Gasteiger partial charge in [0, 0.05) is 48.4 Å². The van der Waals surface area contributed by atoms with Crippen LogP contribution in [-0.2, 0) is 0 Å². The summed E-state index contributed by atoms with van der Waals surface area (Å²) in [5.74, 6) is 0. The van der Waals surface area contributed by atoms with Crippen molar-refractivity contribution in [1.82, 2.24) is 4.17 Å². The van der Waals surface area contributed by atoms with E-state index in [1.807, 2.05) is 0 Å². The van der Waals surface area contributed by atoms with E-state index in [1.165, 1.54) is 0 Å². The van der Waals surface area contributed by atoms with Gasteiger partial charge in [-0.25, -0.2) is 0 Å². The third kappa shape index (κ3) is 11.4. The van der Waals surface area contributed by atoms with Crippen LogP contribution in [0.4, 0.5) is 0 Å². The highest BCUT2D eigenvalue weighted by Crippen LogP contribution is 2.38. The average Bonchev–Trinajstić information content (AvgIpc) is 1.14. The molecule has 0 heterocycles. The Hall–Kier alpha value is 0.635. The van der Waals surface area contributed by atoms with Crippen LogP contribution in [0.5, 0.6) is 0 Å². The van der Waals surface area contributed by atoms with Gasteiger partial charge in [0.25, 0.3) is 0 Å². The molecule has 0 saturated heterocycles. The first kappa shape index (κ1) is 13.2. The van der Waals surface area contributed by atoms with Crippen molar-refractivity contribution in [3.8, 4) is 0 Å². The quantitative estimate of drug-likeness (QED) is 0.304. The van der Waals surface area contributed by atoms with Gasteiger partial charge in [-0.15, -0.1) is 0 Å². The summed E-state index contributed by atoms with van der Waals surface area (Å²) in [5.41, 5.74) is 0. The number of hydrogen-bond acceptors (Lipinski definition) is 0. The highest BCUT2D eigenvalue weighted by atomic mass is 31.2. The third-order valence-corrected chi connectivity index (χ3v) is 4.83. The Kier molecular flexibility index (Phi) is 5.12. The van der Waals surface area contributed by atoms with E-state index in [0.717, 1.165) is 0 Å². The molecule has 0 aliphatic heterocycles. The van der Waals surface area contributed by atoms with Crippen LogP contribution in [-0.4, -0.2) is 48.4 Å². The summed E-state index contributed by atoms with van der Waals surface area (Å²) in [4.78, 5) is 0. The Morgan fingerprint density at radius 1 is 0.700 bits per heavy atom. The maximum Gasteiger partial charge on any atom is 0.207 e. The smallest absolute Gasteiger partial charge is 0.178 e. The molecule has 0 bridgehead atoms. The zero-order chi connectivity index (χ0) is 7.71. The fraction of sp³-hybridized carbons (Fsp3) is 1.00. The lowest BCUT2D eigenvalue weighted by atomic mass is 10.8. The molecule has 0 aromatic carbocycles. The minimum absolute atomic E-state index is 0. The Balaban J connectivity index is 0. The van der Waals surface area contributed by atoms with E-state index in [2.05, 4.69) is 40.0 Å². The van der Waals surface area contributed by atoms with Crippen LogP contribution in [0.15, 0.2) is 0 Å². The van der Waals surface area contributed by atoms with Crippen LogP contribution < -0.4 is 4.17 Å². The summed E-state index contributed by atoms with van der Waals surface area (Å²) in [6.07, 6.45) is 0. The summed E-state index contributed by atoms with van der Waals surface area (Å²) in [5, 5.41) is 0. The van der Waals surface area contributed by atoms with Crippen molar-refractivity contribution in [3.63, 3.8) is 0 Å². The summed E-state index contributed by atoms with van der Waals surface area (Å²) in [6, 6.07) is 0. The van der Waals surface area contributed by atoms with Crippen LogP contribution in [0.25, 0.3) is 0 Å². The second-order valence-corrected chi connectivity index (χ2v) is 12.5. The van der Waals surface area contributed by atoms with Crippen molar-refractivity contribution in [2.75, 3.05) is 40.0 Å². The van der Waals surface area contributed by atoms with Crippen LogP contribution in [0.1, 0.15) is 0 Å². The summed E-state index contributed by atoms with van der Waals surface area (Å²) in [7, 11) is -1.73. The molecule has 0 unspecified atom stereocenters. The van der Waals surface area contributed by atoms with E-state index in [1.54, 1.807) is 0 Å². The number of nitrogens with zero attached hydrogens (tertiary/aromatic N) is 1. The Labute approximate surface area is 67.3 Å². The van der Waals surface area contributed by atoms with E-state index in [4.69, 9.17) is 4.17 Å². The van der Waals surface area contributed by atoms with Crippen LogP contribution in [0, 0.1) is 0 Å². The molecule has 0 aromatic heterocycles. The highest BCUT2D eigenvalue weighted by molar-refractivity contribution is 7.71. The average molecular weight is 177 g/mol. The van der Waals surface area contributed by atoms with Gasteiger partial charge in [0.15, 0.2) is 0 Å². The van der Waals surface area contributed by atoms with Gasteiger partial charge in [-0.05, 0) is 0 Å². The normalized spacial score (nSPS) is 11.8. The van der Waals surface area contributed by atoms with E-state index in [-0.39, 0.29) is 8.41 Å². The molecule has 59 valence electrons. The number of hydrogen-bond donors (Lipinski definition) is 0. The fourth-order valence-electron chi connectivity index (χ4n) is 0.805. The van der Waals surface area contributed by atoms with Crippen molar-refractivity contribution in [2.24, 2.45) is 0 Å². The molecule has 0 amide bonds. The molecule has 0 aliphatic rings. The molecular weight excluding hydrogens is 159 g/mol. The van der Waals surface area contributed by atoms with Crippen molar-refractivity contribution in [1.29, 1.82) is 0 Å². The fourth-order valence-corrected chi connectivity index (χ4v) is 7.24. The molecule has 4 heteroatoms. The molecule has 0 spiro atoms. The minimum Gasteiger partial charge on any atom is -0.178 e. The summed E-state index contributed by atoms with van der Waals surface area (Å²) >= 11 is 0. The zero-order valence-electron chi connectivity index (χ0n) is 7.92. The maximum absolute atomic E-state index is 4.76. The minimum atomic E-state index is -0.863. The molecule has 0 aliphatic carbocycles. The molecule has 0 N–H and O–H groups in total. The van der Waals surface area contributed by atoms with E-state index in [9.17, 15) is 0 Å². The van der Waals surface area contributed by atoms with Gasteiger partial charge in [-0.3, -0.25) is 0 Å². The monoisotopic (exact) mass is 177 g/mol. The predicted molar refractivity (Wildman–Crippen MR) is 57.3 cm³/mol. The molecule has 0 aromatic rings. The van der Waals surface area contributed by atoms with E-state index < -0.39 is 14.1 Å². The maximum atomic E-state index is 4.76. The molecule has 10 heavy (non-hydrogen) atoms. The third-order valence-electron chi connectivity index (χ3n) is 0.537. The standard InChI is InChI=1S/C6H18NP2.B/c1-8(2,3)7-9(4,5)6;/h1-6H3;/q+1;. The van der Waals surface area contributed by atoms with Gasteiger partial charge in [0.05, 0.1) is 0 Å².